The molecule has 0 spiro atoms. The molecule has 1 N–H and O–H groups in total. The number of rotatable bonds is 3. The van der Waals surface area contributed by atoms with Gasteiger partial charge in [0, 0.05) is 27.6 Å². The summed E-state index contributed by atoms with van der Waals surface area (Å²) in [6, 6.07) is 12.2. The lowest BCUT2D eigenvalue weighted by atomic mass is 9.95. The number of carboxylic acids is 1. The highest BCUT2D eigenvalue weighted by Crippen LogP contribution is 2.40. The van der Waals surface area contributed by atoms with Crippen LogP contribution in [0.15, 0.2) is 48.7 Å². The molecule has 0 saturated carbocycles. The molecule has 2 heterocycles. The van der Waals surface area contributed by atoms with Gasteiger partial charge in [0.2, 0.25) is 0 Å². The predicted octanol–water partition coefficient (Wildman–Crippen LogP) is 5.18. The molecule has 0 unspecified atom stereocenters. The second-order valence-electron chi connectivity index (χ2n) is 6.14. The molecule has 0 aliphatic rings. The first-order valence-electron chi connectivity index (χ1n) is 8.03. The van der Waals surface area contributed by atoms with Gasteiger partial charge in [-0.1, -0.05) is 34.3 Å². The fourth-order valence-corrected chi connectivity index (χ4v) is 3.64. The van der Waals surface area contributed by atoms with E-state index in [-0.39, 0.29) is 6.42 Å². The minimum absolute atomic E-state index is 0.178. The van der Waals surface area contributed by atoms with Gasteiger partial charge in [0.25, 0.3) is 0 Å². The van der Waals surface area contributed by atoms with Crippen LogP contribution < -0.4 is 0 Å². The molecule has 6 heteroatoms. The third-order valence-electron chi connectivity index (χ3n) is 4.56. The molecule has 4 rings (SSSR count). The highest BCUT2D eigenvalue weighted by atomic mass is 35.5. The quantitative estimate of drug-likeness (QED) is 0.542. The number of benzene rings is 2. The van der Waals surface area contributed by atoms with E-state index in [1.54, 1.807) is 43.5 Å². The van der Waals surface area contributed by atoms with E-state index in [0.29, 0.717) is 43.1 Å². The van der Waals surface area contributed by atoms with Crippen molar-refractivity contribution >= 4 is 39.4 Å². The molecule has 0 radical (unpaired) electrons. The molecular formula is C20H14ClFN2O2. The summed E-state index contributed by atoms with van der Waals surface area (Å²) in [4.78, 5) is 16.2. The molecule has 2 aromatic heterocycles. The van der Waals surface area contributed by atoms with Crippen molar-refractivity contribution in [1.29, 1.82) is 0 Å². The van der Waals surface area contributed by atoms with Gasteiger partial charge in [-0.3, -0.25) is 9.78 Å². The maximum atomic E-state index is 14.8. The van der Waals surface area contributed by atoms with Gasteiger partial charge in [0.1, 0.15) is 0 Å². The van der Waals surface area contributed by atoms with Crippen LogP contribution >= 0.6 is 11.6 Å². The van der Waals surface area contributed by atoms with Gasteiger partial charge in [-0.25, -0.2) is 0 Å². The molecule has 0 atom stereocenters. The van der Waals surface area contributed by atoms with Crippen LogP contribution in [-0.4, -0.2) is 20.8 Å². The van der Waals surface area contributed by atoms with Crippen molar-refractivity contribution < 1.29 is 14.4 Å². The number of halogens is 2. The van der Waals surface area contributed by atoms with Crippen molar-refractivity contribution in [2.24, 2.45) is 0 Å². The standard InChI is InChI=1S/C20H14ClFN2O2/c1-11-19(15-7-8-23-16-10-13(21)5-6-14(15)16)20-12(9-18(25)26)3-2-4-17(20)24(11)22/h2-8,10H,9H2,1H3,(H,25,26). The first-order chi connectivity index (χ1) is 12.5. The second kappa shape index (κ2) is 6.11. The van der Waals surface area contributed by atoms with Gasteiger partial charge >= 0.3 is 5.97 Å². The van der Waals surface area contributed by atoms with Crippen molar-refractivity contribution in [3.05, 3.63) is 64.9 Å². The van der Waals surface area contributed by atoms with Crippen LogP contribution in [0.2, 0.25) is 5.02 Å². The number of hydrogen-bond donors (Lipinski definition) is 1. The molecule has 0 bridgehead atoms. The van der Waals surface area contributed by atoms with Gasteiger partial charge in [0.05, 0.1) is 23.1 Å². The molecule has 0 aliphatic heterocycles. The molecule has 130 valence electrons. The van der Waals surface area contributed by atoms with E-state index in [1.807, 2.05) is 12.1 Å². The minimum Gasteiger partial charge on any atom is -0.481 e. The van der Waals surface area contributed by atoms with Crippen LogP contribution in [0.25, 0.3) is 32.9 Å². The molecule has 0 aliphatic carbocycles. The molecule has 4 aromatic rings. The average molecular weight is 369 g/mol. The van der Waals surface area contributed by atoms with Crippen LogP contribution in [0.3, 0.4) is 0 Å². The van der Waals surface area contributed by atoms with Crippen LogP contribution in [0.5, 0.6) is 0 Å². The van der Waals surface area contributed by atoms with Gasteiger partial charge in [-0.05, 0) is 42.3 Å². The normalized spacial score (nSPS) is 11.3. The zero-order valence-corrected chi connectivity index (χ0v) is 14.6. The number of pyridine rings is 1. The van der Waals surface area contributed by atoms with E-state index >= 15 is 0 Å². The highest BCUT2D eigenvalue weighted by Gasteiger charge is 2.21. The van der Waals surface area contributed by atoms with E-state index in [1.165, 1.54) is 0 Å². The molecule has 4 nitrogen and oxygen atoms in total. The molecule has 0 amide bonds. The Bertz CT molecular complexity index is 1180. The van der Waals surface area contributed by atoms with Gasteiger partial charge in [-0.15, -0.1) is 0 Å². The number of carboxylic acid groups (broad SMARTS) is 1. The van der Waals surface area contributed by atoms with Crippen molar-refractivity contribution in [3.8, 4) is 11.1 Å². The van der Waals surface area contributed by atoms with Gasteiger partial charge < -0.3 is 5.11 Å². The SMILES string of the molecule is Cc1c(-c2ccnc3cc(Cl)ccc23)c2c(CC(=O)O)cccc2n1F. The summed E-state index contributed by atoms with van der Waals surface area (Å²) in [7, 11) is 0. The highest BCUT2D eigenvalue weighted by molar-refractivity contribution is 6.31. The smallest absolute Gasteiger partial charge is 0.307 e. The minimum atomic E-state index is -0.959. The zero-order chi connectivity index (χ0) is 18.4. The van der Waals surface area contributed by atoms with Crippen LogP contribution in [0.4, 0.5) is 4.48 Å². The second-order valence-corrected chi connectivity index (χ2v) is 6.58. The molecule has 2 aromatic carbocycles. The lowest BCUT2D eigenvalue weighted by Gasteiger charge is -2.09. The fourth-order valence-electron chi connectivity index (χ4n) is 3.48. The van der Waals surface area contributed by atoms with Crippen LogP contribution in [0.1, 0.15) is 11.3 Å². The van der Waals surface area contributed by atoms with Crippen molar-refractivity contribution in [3.63, 3.8) is 0 Å². The summed E-state index contributed by atoms with van der Waals surface area (Å²) in [5.74, 6) is -0.959. The molecule has 26 heavy (non-hydrogen) atoms. The Morgan fingerprint density at radius 3 is 2.85 bits per heavy atom. The first kappa shape index (κ1) is 16.5. The number of aromatic nitrogens is 2. The molecule has 0 saturated heterocycles. The molecular weight excluding hydrogens is 355 g/mol. The monoisotopic (exact) mass is 368 g/mol. The predicted molar refractivity (Wildman–Crippen MR) is 100 cm³/mol. The number of aliphatic carboxylic acids is 1. The van der Waals surface area contributed by atoms with Gasteiger partial charge in [-0.2, -0.15) is 4.79 Å². The fraction of sp³-hybridized carbons (Fsp3) is 0.100. The summed E-state index contributed by atoms with van der Waals surface area (Å²) < 4.78 is 14.8. The number of hydrogen-bond acceptors (Lipinski definition) is 2. The van der Waals surface area contributed by atoms with E-state index in [2.05, 4.69) is 4.98 Å². The number of fused-ring (bicyclic) bond motifs is 2. The summed E-state index contributed by atoms with van der Waals surface area (Å²) in [6.07, 6.45) is 1.47. The Hall–Kier alpha value is -2.92. The van der Waals surface area contributed by atoms with Crippen LogP contribution in [-0.2, 0) is 11.2 Å². The largest absolute Gasteiger partial charge is 0.481 e. The lowest BCUT2D eigenvalue weighted by molar-refractivity contribution is -0.136. The summed E-state index contributed by atoms with van der Waals surface area (Å²) in [5.41, 5.74) is 3.52. The summed E-state index contributed by atoms with van der Waals surface area (Å²) in [5, 5.41) is 11.2. The maximum absolute atomic E-state index is 14.8. The van der Waals surface area contributed by atoms with E-state index in [4.69, 9.17) is 11.6 Å². The van der Waals surface area contributed by atoms with E-state index in [0.717, 1.165) is 10.9 Å². The average Bonchev–Trinajstić information content (AvgIpc) is 2.86. The van der Waals surface area contributed by atoms with Crippen LogP contribution in [0, 0.1) is 6.92 Å². The summed E-state index contributed by atoms with van der Waals surface area (Å²) in [6.45, 7) is 1.68. The van der Waals surface area contributed by atoms with E-state index in [9.17, 15) is 14.4 Å². The number of carbonyl (C=O) groups is 1. The first-order valence-corrected chi connectivity index (χ1v) is 8.40. The Morgan fingerprint density at radius 1 is 1.27 bits per heavy atom. The number of nitrogens with zero attached hydrogens (tertiary/aromatic N) is 2. The topological polar surface area (TPSA) is 55.1 Å². The third-order valence-corrected chi connectivity index (χ3v) is 4.80. The van der Waals surface area contributed by atoms with Crippen molar-refractivity contribution in [2.75, 3.05) is 0 Å². The van der Waals surface area contributed by atoms with Crippen molar-refractivity contribution in [1.82, 2.24) is 9.77 Å². The van der Waals surface area contributed by atoms with Crippen molar-refractivity contribution in [2.45, 2.75) is 13.3 Å². The lowest BCUT2D eigenvalue weighted by Crippen LogP contribution is -2.00. The molecule has 0 fully saturated rings. The Labute approximate surface area is 153 Å². The zero-order valence-electron chi connectivity index (χ0n) is 13.8. The third kappa shape index (κ3) is 2.52. The summed E-state index contributed by atoms with van der Waals surface area (Å²) >= 11 is 6.06. The Kier molecular flexibility index (Phi) is 3.89. The maximum Gasteiger partial charge on any atom is 0.307 e. The van der Waals surface area contributed by atoms with Gasteiger partial charge in [0.15, 0.2) is 0 Å². The van der Waals surface area contributed by atoms with E-state index < -0.39 is 5.97 Å². The Balaban J connectivity index is 2.12. The Morgan fingerprint density at radius 2 is 2.08 bits per heavy atom.